The van der Waals surface area contributed by atoms with E-state index in [1.165, 1.54) is 31.0 Å². The van der Waals surface area contributed by atoms with E-state index < -0.39 is 0 Å². The zero-order valence-electron chi connectivity index (χ0n) is 21.3. The fraction of sp³-hybridized carbons (Fsp3) is 0.296. The van der Waals surface area contributed by atoms with Gasteiger partial charge in [0.25, 0.3) is 0 Å². The van der Waals surface area contributed by atoms with E-state index in [0.717, 1.165) is 39.5 Å². The second-order valence-corrected chi connectivity index (χ2v) is 10.1. The first-order chi connectivity index (χ1) is 18.4. The van der Waals surface area contributed by atoms with Gasteiger partial charge in [-0.1, -0.05) is 11.8 Å². The van der Waals surface area contributed by atoms with E-state index in [2.05, 4.69) is 21.3 Å². The Hall–Kier alpha value is -4.17. The minimum atomic E-state index is -0.346. The molecule has 0 bridgehead atoms. The summed E-state index contributed by atoms with van der Waals surface area (Å²) in [4.78, 5) is 19.5. The number of nitriles is 1. The van der Waals surface area contributed by atoms with Gasteiger partial charge in [0.15, 0.2) is 0 Å². The van der Waals surface area contributed by atoms with Crippen LogP contribution in [0.4, 0.5) is 9.18 Å². The number of methoxy groups -OCH3 is 1. The Morgan fingerprint density at radius 1 is 1.29 bits per heavy atom. The summed E-state index contributed by atoms with van der Waals surface area (Å²) in [6, 6.07) is 8.83. The van der Waals surface area contributed by atoms with Gasteiger partial charge in [-0.2, -0.15) is 15.5 Å². The third-order valence-corrected chi connectivity index (χ3v) is 7.81. The average Bonchev–Trinajstić information content (AvgIpc) is 3.53. The van der Waals surface area contributed by atoms with Crippen molar-refractivity contribution in [3.63, 3.8) is 0 Å². The molecular weight excluding hydrogens is 505 g/mol. The molecule has 1 fully saturated rings. The number of aliphatic imine (C=N–C) groups is 1. The van der Waals surface area contributed by atoms with Crippen molar-refractivity contribution in [3.05, 3.63) is 65.5 Å². The standard InChI is InChI=1S/C27H26FN7O2S/c1-17-23(14-32-35(17)22-5-4-8-33(16-22)27(36)37-3)19-10-25(26-20(11-29)13-31-34(26)15-19)38-24-7-6-21(28)9-18(24)12-30-2/h6-7,9-10,12-15,22H,4-5,8,16H2,1-3H3/t22-/m0/s1. The maximum atomic E-state index is 13.9. The van der Waals surface area contributed by atoms with Crippen LogP contribution in [0.25, 0.3) is 16.6 Å². The van der Waals surface area contributed by atoms with Gasteiger partial charge in [0.2, 0.25) is 0 Å². The highest BCUT2D eigenvalue weighted by Gasteiger charge is 2.27. The van der Waals surface area contributed by atoms with Gasteiger partial charge < -0.3 is 9.64 Å². The molecule has 11 heteroatoms. The molecule has 4 heterocycles. The van der Waals surface area contributed by atoms with Gasteiger partial charge in [-0.05, 0) is 44.0 Å². The smallest absolute Gasteiger partial charge is 0.409 e. The van der Waals surface area contributed by atoms with E-state index >= 15 is 0 Å². The maximum absolute atomic E-state index is 13.9. The molecule has 0 unspecified atom stereocenters. The van der Waals surface area contributed by atoms with Crippen LogP contribution in [0, 0.1) is 24.1 Å². The number of piperidine rings is 1. The van der Waals surface area contributed by atoms with Crippen LogP contribution in [0.3, 0.4) is 0 Å². The molecule has 1 amide bonds. The first kappa shape index (κ1) is 25.5. The van der Waals surface area contributed by atoms with Gasteiger partial charge in [0.1, 0.15) is 11.9 Å². The van der Waals surface area contributed by atoms with Gasteiger partial charge >= 0.3 is 6.09 Å². The molecule has 1 aliphatic rings. The Kier molecular flexibility index (Phi) is 7.15. The first-order valence-electron chi connectivity index (χ1n) is 12.1. The second kappa shape index (κ2) is 10.7. The van der Waals surface area contributed by atoms with Gasteiger partial charge in [0.05, 0.1) is 36.6 Å². The number of fused-ring (bicyclic) bond motifs is 1. The first-order valence-corrected chi connectivity index (χ1v) is 12.9. The number of hydrogen-bond acceptors (Lipinski definition) is 7. The molecular formula is C27H26FN7O2S. The highest BCUT2D eigenvalue weighted by atomic mass is 32.2. The van der Waals surface area contributed by atoms with Crippen LogP contribution < -0.4 is 0 Å². The number of pyridine rings is 1. The predicted molar refractivity (Wildman–Crippen MR) is 142 cm³/mol. The molecule has 1 aromatic carbocycles. The monoisotopic (exact) mass is 531 g/mol. The molecule has 0 saturated carbocycles. The summed E-state index contributed by atoms with van der Waals surface area (Å²) < 4.78 is 22.5. The minimum absolute atomic E-state index is 0.0409. The number of halogens is 1. The van der Waals surface area contributed by atoms with Crippen molar-refractivity contribution in [2.45, 2.75) is 35.6 Å². The Balaban J connectivity index is 1.56. The zero-order chi connectivity index (χ0) is 26.8. The molecule has 1 aliphatic heterocycles. The van der Waals surface area contributed by atoms with Gasteiger partial charge in [-0.25, -0.2) is 13.7 Å². The normalized spacial score (nSPS) is 15.8. The molecule has 3 aromatic heterocycles. The molecule has 0 radical (unpaired) electrons. The third-order valence-electron chi connectivity index (χ3n) is 6.69. The Morgan fingerprint density at radius 3 is 2.89 bits per heavy atom. The lowest BCUT2D eigenvalue weighted by molar-refractivity contribution is 0.101. The number of likely N-dealkylation sites (tertiary alicyclic amines) is 1. The molecule has 5 rings (SSSR count). The van der Waals surface area contributed by atoms with Crippen LogP contribution in [-0.2, 0) is 4.74 Å². The van der Waals surface area contributed by atoms with E-state index in [1.54, 1.807) is 34.9 Å². The topological polar surface area (TPSA) is 101 Å². The fourth-order valence-corrected chi connectivity index (χ4v) is 5.97. The molecule has 4 aromatic rings. The number of hydrogen-bond donors (Lipinski definition) is 0. The summed E-state index contributed by atoms with van der Waals surface area (Å²) in [6.45, 7) is 3.21. The molecule has 9 nitrogen and oxygen atoms in total. The van der Waals surface area contributed by atoms with E-state index in [9.17, 15) is 14.4 Å². The summed E-state index contributed by atoms with van der Waals surface area (Å²) >= 11 is 1.43. The van der Waals surface area contributed by atoms with Gasteiger partial charge in [-0.3, -0.25) is 9.67 Å². The summed E-state index contributed by atoms with van der Waals surface area (Å²) in [5.41, 5.74) is 4.54. The van der Waals surface area contributed by atoms with Crippen LogP contribution in [0.5, 0.6) is 0 Å². The minimum Gasteiger partial charge on any atom is -0.453 e. The second-order valence-electron chi connectivity index (χ2n) is 9.03. The van der Waals surface area contributed by atoms with E-state index in [1.807, 2.05) is 30.1 Å². The Morgan fingerprint density at radius 2 is 2.13 bits per heavy atom. The third kappa shape index (κ3) is 4.75. The van der Waals surface area contributed by atoms with Crippen molar-refractivity contribution >= 4 is 29.6 Å². The van der Waals surface area contributed by atoms with Gasteiger partial charge in [-0.15, -0.1) is 0 Å². The van der Waals surface area contributed by atoms with Crippen molar-refractivity contribution < 1.29 is 13.9 Å². The highest BCUT2D eigenvalue weighted by Crippen LogP contribution is 2.38. The molecule has 0 aliphatic carbocycles. The number of carbonyl (C=O) groups excluding carboxylic acids is 1. The van der Waals surface area contributed by atoms with Crippen molar-refractivity contribution in [1.29, 1.82) is 5.26 Å². The lowest BCUT2D eigenvalue weighted by Gasteiger charge is -2.32. The average molecular weight is 532 g/mol. The summed E-state index contributed by atoms with van der Waals surface area (Å²) in [5, 5.41) is 18.8. The van der Waals surface area contributed by atoms with Crippen LogP contribution in [0.1, 0.15) is 35.7 Å². The van der Waals surface area contributed by atoms with Crippen LogP contribution in [-0.4, -0.2) is 63.8 Å². The van der Waals surface area contributed by atoms with Gasteiger partial charge in [0, 0.05) is 64.7 Å². The van der Waals surface area contributed by atoms with Crippen molar-refractivity contribution in [3.8, 4) is 17.2 Å². The van der Waals surface area contributed by atoms with Crippen LogP contribution >= 0.6 is 11.8 Å². The molecule has 194 valence electrons. The summed E-state index contributed by atoms with van der Waals surface area (Å²) in [7, 11) is 3.03. The largest absolute Gasteiger partial charge is 0.453 e. The summed E-state index contributed by atoms with van der Waals surface area (Å²) in [5.74, 6) is -0.346. The molecule has 0 N–H and O–H groups in total. The lowest BCUT2D eigenvalue weighted by Crippen LogP contribution is -2.41. The predicted octanol–water partition coefficient (Wildman–Crippen LogP) is 5.12. The van der Waals surface area contributed by atoms with Crippen LogP contribution in [0.15, 0.2) is 57.6 Å². The molecule has 0 spiro atoms. The van der Waals surface area contributed by atoms with Crippen molar-refractivity contribution in [2.75, 3.05) is 27.2 Å². The Labute approximate surface area is 223 Å². The Bertz CT molecular complexity index is 1590. The number of aromatic nitrogens is 4. The molecule has 1 saturated heterocycles. The maximum Gasteiger partial charge on any atom is 0.409 e. The quantitative estimate of drug-likeness (QED) is 0.331. The van der Waals surface area contributed by atoms with E-state index in [4.69, 9.17) is 4.74 Å². The fourth-order valence-electron chi connectivity index (χ4n) is 4.89. The van der Waals surface area contributed by atoms with Crippen molar-refractivity contribution in [1.82, 2.24) is 24.3 Å². The number of ether oxygens (including phenoxy) is 1. The molecule has 38 heavy (non-hydrogen) atoms. The summed E-state index contributed by atoms with van der Waals surface area (Å²) in [6.07, 6.45) is 8.32. The number of amides is 1. The SMILES string of the molecule is CN=Cc1cc(F)ccc1Sc1cc(-c2cnn([C@H]3CCCN(C(=O)OC)C3)c2C)cn2ncc(C#N)c12. The lowest BCUT2D eigenvalue weighted by atomic mass is 10.0. The number of benzene rings is 1. The van der Waals surface area contributed by atoms with E-state index in [-0.39, 0.29) is 18.0 Å². The van der Waals surface area contributed by atoms with Crippen molar-refractivity contribution in [2.24, 2.45) is 4.99 Å². The van der Waals surface area contributed by atoms with E-state index in [0.29, 0.717) is 29.7 Å². The number of rotatable bonds is 5. The zero-order valence-corrected chi connectivity index (χ0v) is 22.1. The van der Waals surface area contributed by atoms with Crippen LogP contribution in [0.2, 0.25) is 0 Å². The molecule has 1 atom stereocenters. The highest BCUT2D eigenvalue weighted by molar-refractivity contribution is 7.99. The number of carbonyl (C=O) groups is 1. The number of nitrogens with zero attached hydrogens (tertiary/aromatic N) is 7.